The molecule has 0 saturated carbocycles. The summed E-state index contributed by atoms with van der Waals surface area (Å²) in [4.78, 5) is 0. The Morgan fingerprint density at radius 1 is 0.706 bits per heavy atom. The molecule has 17 heavy (non-hydrogen) atoms. The van der Waals surface area contributed by atoms with E-state index in [-0.39, 0.29) is 6.61 Å². The average molecular weight is 269 g/mol. The van der Waals surface area contributed by atoms with Crippen molar-refractivity contribution < 1.29 is 28.5 Å². The third-order valence-electron chi connectivity index (χ3n) is 2.71. The Morgan fingerprint density at radius 3 is 1.53 bits per heavy atom. The topological polar surface area (TPSA) is 78.4 Å². The molecule has 0 fully saturated rings. The second-order valence-electron chi connectivity index (χ2n) is 4.37. The van der Waals surface area contributed by atoms with E-state index in [0.717, 1.165) is 12.8 Å². The lowest BCUT2D eigenvalue weighted by molar-refractivity contribution is -1.92. The molecule has 0 aliphatic heterocycles. The molecule has 0 aromatic carbocycles. The summed E-state index contributed by atoms with van der Waals surface area (Å²) in [5.74, 6) is 0. The summed E-state index contributed by atoms with van der Waals surface area (Å²) in [6, 6.07) is 0. The lowest BCUT2D eigenvalue weighted by atomic mass is 10.1. The van der Waals surface area contributed by atoms with Crippen molar-refractivity contribution in [2.24, 2.45) is 0 Å². The zero-order valence-corrected chi connectivity index (χ0v) is 11.5. The molecule has 0 rings (SSSR count). The first kappa shape index (κ1) is 17.1. The molecule has 0 aliphatic rings. The van der Waals surface area contributed by atoms with Gasteiger partial charge in [-0.15, -0.1) is 0 Å². The van der Waals surface area contributed by atoms with Gasteiger partial charge in [-0.2, -0.15) is 14.0 Å². The molecule has 4 nitrogen and oxygen atoms in total. The Morgan fingerprint density at radius 2 is 1.12 bits per heavy atom. The molecule has 0 N–H and O–H groups in total. The van der Waals surface area contributed by atoms with E-state index >= 15 is 0 Å². The molecule has 0 spiro atoms. The van der Waals surface area contributed by atoms with Crippen LogP contribution in [-0.4, -0.2) is 6.61 Å². The second kappa shape index (κ2) is 11.2. The molecule has 0 aromatic heterocycles. The lowest BCUT2D eigenvalue weighted by Gasteiger charge is -2.12. The first-order valence-electron chi connectivity index (χ1n) is 6.61. The summed E-state index contributed by atoms with van der Waals surface area (Å²) < 4.78 is 34.3. The van der Waals surface area contributed by atoms with Crippen molar-refractivity contribution in [1.29, 1.82) is 0 Å². The van der Waals surface area contributed by atoms with Crippen molar-refractivity contribution in [3.05, 3.63) is 0 Å². The SMILES string of the molecule is CCCCCCCCCCCCO[Cl+3]([O-])([O-])[O-]. The van der Waals surface area contributed by atoms with Crippen LogP contribution in [0.2, 0.25) is 0 Å². The highest BCUT2D eigenvalue weighted by molar-refractivity contribution is 4.46. The number of hydrogen-bond donors (Lipinski definition) is 0. The minimum atomic E-state index is -4.23. The van der Waals surface area contributed by atoms with Gasteiger partial charge in [0.15, 0.2) is 0 Å². The fourth-order valence-corrected chi connectivity index (χ4v) is 2.04. The fourth-order valence-electron chi connectivity index (χ4n) is 1.74. The number of halogens is 1. The average Bonchev–Trinajstić information content (AvgIpc) is 2.24. The summed E-state index contributed by atoms with van der Waals surface area (Å²) in [7, 11) is -4.23. The first-order chi connectivity index (χ1) is 8.06. The second-order valence-corrected chi connectivity index (χ2v) is 5.35. The van der Waals surface area contributed by atoms with Crippen LogP contribution in [0, 0.1) is 10.2 Å². The molecule has 0 aromatic rings. The van der Waals surface area contributed by atoms with Gasteiger partial charge >= 0.3 is 0 Å². The summed E-state index contributed by atoms with van der Waals surface area (Å²) >= 11 is 0. The highest BCUT2D eigenvalue weighted by Crippen LogP contribution is 2.10. The number of rotatable bonds is 12. The molecule has 0 saturated heterocycles. The van der Waals surface area contributed by atoms with Gasteiger partial charge in [-0.05, 0) is 6.42 Å². The van der Waals surface area contributed by atoms with E-state index in [1.54, 1.807) is 0 Å². The molecule has 0 amide bonds. The summed E-state index contributed by atoms with van der Waals surface area (Å²) in [6.07, 6.45) is 11.7. The van der Waals surface area contributed by atoms with E-state index in [1.807, 2.05) is 0 Å². The van der Waals surface area contributed by atoms with Gasteiger partial charge in [-0.1, -0.05) is 64.7 Å². The van der Waals surface area contributed by atoms with Crippen molar-refractivity contribution in [1.82, 2.24) is 0 Å². The van der Waals surface area contributed by atoms with Gasteiger partial charge in [0.1, 0.15) is 0 Å². The molecule has 104 valence electrons. The normalized spacial score (nSPS) is 12.0. The summed E-state index contributed by atoms with van der Waals surface area (Å²) in [5.41, 5.74) is 0. The van der Waals surface area contributed by atoms with Crippen LogP contribution < -0.4 is 14.0 Å². The fraction of sp³-hybridized carbons (Fsp3) is 1.00. The minimum Gasteiger partial charge on any atom is -0.183 e. The smallest absolute Gasteiger partial charge is 0.183 e. The van der Waals surface area contributed by atoms with Gasteiger partial charge < -0.3 is 0 Å². The van der Waals surface area contributed by atoms with Crippen LogP contribution >= 0.6 is 0 Å². The molecule has 0 aliphatic carbocycles. The first-order valence-corrected chi connectivity index (χ1v) is 7.85. The predicted octanol–water partition coefficient (Wildman–Crippen LogP) is 0.821. The van der Waals surface area contributed by atoms with Gasteiger partial charge in [0.2, 0.25) is 6.61 Å². The van der Waals surface area contributed by atoms with Crippen molar-refractivity contribution in [3.8, 4) is 0 Å². The Hall–Kier alpha value is 0.130. The third-order valence-corrected chi connectivity index (χ3v) is 3.13. The van der Waals surface area contributed by atoms with E-state index in [4.69, 9.17) is 0 Å². The van der Waals surface area contributed by atoms with E-state index in [1.165, 1.54) is 44.9 Å². The van der Waals surface area contributed by atoms with Crippen molar-refractivity contribution in [2.45, 2.75) is 71.1 Å². The Balaban J connectivity index is 2.99. The number of unbranched alkanes of at least 4 members (excludes halogenated alkanes) is 9. The maximum atomic E-state index is 10.1. The van der Waals surface area contributed by atoms with E-state index in [0.29, 0.717) is 6.42 Å². The van der Waals surface area contributed by atoms with Crippen LogP contribution in [0.15, 0.2) is 0 Å². The predicted molar refractivity (Wildman–Crippen MR) is 57.8 cm³/mol. The molecule has 0 bridgehead atoms. The van der Waals surface area contributed by atoms with Crippen LogP contribution in [0.1, 0.15) is 71.1 Å². The van der Waals surface area contributed by atoms with Crippen molar-refractivity contribution in [3.63, 3.8) is 0 Å². The van der Waals surface area contributed by atoms with Crippen LogP contribution in [0.4, 0.5) is 0 Å². The van der Waals surface area contributed by atoms with E-state index in [2.05, 4.69) is 11.2 Å². The summed E-state index contributed by atoms with van der Waals surface area (Å²) in [5, 5.41) is 0. The van der Waals surface area contributed by atoms with E-state index < -0.39 is 10.2 Å². The third kappa shape index (κ3) is 16.1. The molecule has 0 atom stereocenters. The maximum absolute atomic E-state index is 10.1. The van der Waals surface area contributed by atoms with Crippen LogP contribution in [-0.2, 0) is 4.29 Å². The molecule has 0 heterocycles. The van der Waals surface area contributed by atoms with Gasteiger partial charge in [0.05, 0.1) is 14.5 Å². The van der Waals surface area contributed by atoms with Crippen LogP contribution in [0.3, 0.4) is 0 Å². The molecular formula is C12H25ClO4. The van der Waals surface area contributed by atoms with Gasteiger partial charge in [-0.3, -0.25) is 0 Å². The van der Waals surface area contributed by atoms with Crippen LogP contribution in [0.5, 0.6) is 0 Å². The maximum Gasteiger partial charge on any atom is 0.203 e. The monoisotopic (exact) mass is 268 g/mol. The van der Waals surface area contributed by atoms with E-state index in [9.17, 15) is 14.0 Å². The molecule has 5 heteroatoms. The van der Waals surface area contributed by atoms with Crippen molar-refractivity contribution >= 4 is 0 Å². The van der Waals surface area contributed by atoms with Gasteiger partial charge in [0, 0.05) is 0 Å². The van der Waals surface area contributed by atoms with Gasteiger partial charge in [-0.25, -0.2) is 0 Å². The minimum absolute atomic E-state index is 0.0177. The Kier molecular flexibility index (Phi) is 11.3. The molecular weight excluding hydrogens is 244 g/mol. The highest BCUT2D eigenvalue weighted by Gasteiger charge is 2.15. The Labute approximate surface area is 107 Å². The zero-order chi connectivity index (χ0) is 13.0. The lowest BCUT2D eigenvalue weighted by Crippen LogP contribution is -2.61. The summed E-state index contributed by atoms with van der Waals surface area (Å²) in [6.45, 7) is 2.23. The Bertz CT molecular complexity index is 159. The molecule has 0 radical (unpaired) electrons. The quantitative estimate of drug-likeness (QED) is 0.491. The molecule has 0 unspecified atom stereocenters. The standard InChI is InChI=1S/C12H25ClO4/c1-2-3-4-5-6-7-8-9-10-11-12-17-13(14,15)16/h2-12H2,1H3. The van der Waals surface area contributed by atoms with Crippen LogP contribution in [0.25, 0.3) is 0 Å². The largest absolute Gasteiger partial charge is 0.203 e. The number of hydrogen-bond acceptors (Lipinski definition) is 4. The van der Waals surface area contributed by atoms with Gasteiger partial charge in [0.25, 0.3) is 0 Å². The highest BCUT2D eigenvalue weighted by atomic mass is 35.7. The van der Waals surface area contributed by atoms with Crippen molar-refractivity contribution in [2.75, 3.05) is 6.61 Å². The zero-order valence-electron chi connectivity index (χ0n) is 10.8.